The number of carbonyl (C=O) groups excluding carboxylic acids is 1. The van der Waals surface area contributed by atoms with Crippen molar-refractivity contribution in [2.24, 2.45) is 0 Å². The molecule has 0 spiro atoms. The van der Waals surface area contributed by atoms with Crippen LogP contribution < -0.4 is 4.74 Å². The van der Waals surface area contributed by atoms with E-state index in [0.717, 1.165) is 0 Å². The van der Waals surface area contributed by atoms with Crippen LogP contribution in [-0.2, 0) is 6.61 Å². The maximum absolute atomic E-state index is 13.2. The number of H-pyrrole nitrogens is 1. The van der Waals surface area contributed by atoms with Crippen molar-refractivity contribution in [3.8, 4) is 11.4 Å². The van der Waals surface area contributed by atoms with Gasteiger partial charge in [-0.1, -0.05) is 30.3 Å². The number of aromatic amines is 1. The van der Waals surface area contributed by atoms with E-state index in [2.05, 4.69) is 10.2 Å². The van der Waals surface area contributed by atoms with Crippen molar-refractivity contribution in [3.63, 3.8) is 0 Å². The van der Waals surface area contributed by atoms with Crippen LogP contribution in [0, 0.1) is 10.6 Å². The lowest BCUT2D eigenvalue weighted by atomic mass is 10.0. The number of rotatable bonds is 6. The molecule has 4 aromatic rings. The average Bonchev–Trinajstić information content (AvgIpc) is 3.13. The van der Waals surface area contributed by atoms with E-state index in [-0.39, 0.29) is 18.2 Å². The number of ketones is 1. The van der Waals surface area contributed by atoms with Crippen LogP contribution in [0.25, 0.3) is 5.69 Å². The first kappa shape index (κ1) is 18.8. The molecule has 4 rings (SSSR count). The number of hydrogen-bond acceptors (Lipinski definition) is 4. The largest absolute Gasteiger partial charge is 0.486 e. The van der Waals surface area contributed by atoms with Crippen molar-refractivity contribution in [1.82, 2.24) is 14.8 Å². The minimum absolute atomic E-state index is 0.0469. The van der Waals surface area contributed by atoms with E-state index >= 15 is 0 Å². The SMILES string of the molecule is O=C(c1ccccc1)c1ccc(OCc2n[nH]c(=S)n2-c2ccc(F)cc2)cc1. The van der Waals surface area contributed by atoms with Crippen LogP contribution in [0.15, 0.2) is 78.9 Å². The quantitative estimate of drug-likeness (QED) is 0.367. The van der Waals surface area contributed by atoms with Crippen molar-refractivity contribution in [3.05, 3.63) is 106 Å². The number of benzene rings is 3. The van der Waals surface area contributed by atoms with E-state index in [9.17, 15) is 9.18 Å². The molecule has 0 aliphatic heterocycles. The van der Waals surface area contributed by atoms with Crippen LogP contribution in [-0.4, -0.2) is 20.5 Å². The minimum atomic E-state index is -0.327. The van der Waals surface area contributed by atoms with Crippen LogP contribution in [0.4, 0.5) is 4.39 Å². The van der Waals surface area contributed by atoms with Gasteiger partial charge in [0.2, 0.25) is 0 Å². The lowest BCUT2D eigenvalue weighted by Crippen LogP contribution is -2.06. The Hall–Kier alpha value is -3.58. The van der Waals surface area contributed by atoms with Gasteiger partial charge in [0, 0.05) is 16.8 Å². The molecular weight excluding hydrogens is 389 g/mol. The summed E-state index contributed by atoms with van der Waals surface area (Å²) in [5.74, 6) is 0.765. The molecule has 0 saturated heterocycles. The number of carbonyl (C=O) groups is 1. The van der Waals surface area contributed by atoms with E-state index in [1.54, 1.807) is 53.1 Å². The van der Waals surface area contributed by atoms with Gasteiger partial charge in [0.15, 0.2) is 16.4 Å². The smallest absolute Gasteiger partial charge is 0.199 e. The van der Waals surface area contributed by atoms with E-state index in [1.165, 1.54) is 12.1 Å². The Kier molecular flexibility index (Phi) is 5.31. The standard InChI is InChI=1S/C22H16FN3O2S/c23-17-8-10-18(11-9-17)26-20(24-25-22(26)29)14-28-19-12-6-16(7-13-19)21(27)15-4-2-1-3-5-15/h1-13H,14H2,(H,25,29). The third kappa shape index (κ3) is 4.14. The van der Waals surface area contributed by atoms with Gasteiger partial charge in [-0.25, -0.2) is 4.39 Å². The highest BCUT2D eigenvalue weighted by Crippen LogP contribution is 2.18. The third-order valence-electron chi connectivity index (χ3n) is 4.35. The Morgan fingerprint density at radius 2 is 1.62 bits per heavy atom. The van der Waals surface area contributed by atoms with Gasteiger partial charge in [-0.15, -0.1) is 0 Å². The molecule has 5 nitrogen and oxygen atoms in total. The Morgan fingerprint density at radius 1 is 0.966 bits per heavy atom. The topological polar surface area (TPSA) is 59.9 Å². The van der Waals surface area contributed by atoms with E-state index in [4.69, 9.17) is 17.0 Å². The highest BCUT2D eigenvalue weighted by Gasteiger charge is 2.11. The molecule has 0 unspecified atom stereocenters. The fraction of sp³-hybridized carbons (Fsp3) is 0.0455. The van der Waals surface area contributed by atoms with Gasteiger partial charge in [-0.2, -0.15) is 5.10 Å². The molecule has 0 aliphatic carbocycles. The normalized spacial score (nSPS) is 10.7. The summed E-state index contributed by atoms with van der Waals surface area (Å²) >= 11 is 5.27. The van der Waals surface area contributed by atoms with Crippen LogP contribution in [0.3, 0.4) is 0 Å². The average molecular weight is 405 g/mol. The molecule has 0 bridgehead atoms. The van der Waals surface area contributed by atoms with E-state index < -0.39 is 0 Å². The van der Waals surface area contributed by atoms with Gasteiger partial charge in [-0.3, -0.25) is 14.5 Å². The molecule has 0 amide bonds. The first-order valence-corrected chi connectivity index (χ1v) is 9.27. The first-order valence-electron chi connectivity index (χ1n) is 8.87. The Balaban J connectivity index is 1.48. The van der Waals surface area contributed by atoms with Crippen molar-refractivity contribution >= 4 is 18.0 Å². The van der Waals surface area contributed by atoms with Gasteiger partial charge >= 0.3 is 0 Å². The highest BCUT2D eigenvalue weighted by molar-refractivity contribution is 7.71. The number of halogens is 1. The number of nitrogens with one attached hydrogen (secondary N) is 1. The number of nitrogens with zero attached hydrogens (tertiary/aromatic N) is 2. The van der Waals surface area contributed by atoms with Crippen molar-refractivity contribution in [1.29, 1.82) is 0 Å². The molecule has 1 aromatic heterocycles. The lowest BCUT2D eigenvalue weighted by Gasteiger charge is -2.09. The molecule has 0 atom stereocenters. The highest BCUT2D eigenvalue weighted by atomic mass is 32.1. The Bertz CT molecular complexity index is 1180. The van der Waals surface area contributed by atoms with Gasteiger partial charge in [0.1, 0.15) is 18.2 Å². The molecule has 1 heterocycles. The minimum Gasteiger partial charge on any atom is -0.486 e. The lowest BCUT2D eigenvalue weighted by molar-refractivity contribution is 0.103. The summed E-state index contributed by atoms with van der Waals surface area (Å²) in [5, 5.41) is 6.91. The second-order valence-corrected chi connectivity index (χ2v) is 6.65. The fourth-order valence-corrected chi connectivity index (χ4v) is 3.15. The van der Waals surface area contributed by atoms with Crippen molar-refractivity contribution < 1.29 is 13.9 Å². The molecule has 7 heteroatoms. The maximum atomic E-state index is 13.2. The third-order valence-corrected chi connectivity index (χ3v) is 4.62. The molecule has 3 aromatic carbocycles. The molecule has 0 radical (unpaired) electrons. The molecule has 0 saturated carbocycles. The maximum Gasteiger partial charge on any atom is 0.199 e. The zero-order chi connectivity index (χ0) is 20.2. The monoisotopic (exact) mass is 405 g/mol. The van der Waals surface area contributed by atoms with Crippen molar-refractivity contribution in [2.75, 3.05) is 0 Å². The zero-order valence-electron chi connectivity index (χ0n) is 15.2. The first-order chi connectivity index (χ1) is 14.1. The predicted octanol–water partition coefficient (Wildman–Crippen LogP) is 4.88. The number of hydrogen-bond donors (Lipinski definition) is 1. The summed E-state index contributed by atoms with van der Waals surface area (Å²) < 4.78 is 21.1. The van der Waals surface area contributed by atoms with Crippen LogP contribution in [0.5, 0.6) is 5.75 Å². The van der Waals surface area contributed by atoms with Gasteiger partial charge < -0.3 is 4.74 Å². The molecular formula is C22H16FN3O2S. The summed E-state index contributed by atoms with van der Waals surface area (Å²) in [7, 11) is 0. The van der Waals surface area contributed by atoms with Gasteiger partial charge in [-0.05, 0) is 60.7 Å². The fourth-order valence-electron chi connectivity index (χ4n) is 2.89. The second-order valence-electron chi connectivity index (χ2n) is 6.27. The van der Waals surface area contributed by atoms with Crippen LogP contribution in [0.2, 0.25) is 0 Å². The predicted molar refractivity (Wildman–Crippen MR) is 109 cm³/mol. The zero-order valence-corrected chi connectivity index (χ0v) is 16.0. The second kappa shape index (κ2) is 8.20. The molecule has 0 aliphatic rings. The summed E-state index contributed by atoms with van der Waals surface area (Å²) in [5.41, 5.74) is 1.90. The summed E-state index contributed by atoms with van der Waals surface area (Å²) in [6, 6.07) is 22.0. The number of ether oxygens (including phenoxy) is 1. The summed E-state index contributed by atoms with van der Waals surface area (Å²) in [6.45, 7) is 0.149. The van der Waals surface area contributed by atoms with Crippen LogP contribution in [0.1, 0.15) is 21.7 Å². The number of aromatic nitrogens is 3. The van der Waals surface area contributed by atoms with Gasteiger partial charge in [0.25, 0.3) is 0 Å². The molecule has 0 fully saturated rings. The Labute approximate surface area is 171 Å². The summed E-state index contributed by atoms with van der Waals surface area (Å²) in [4.78, 5) is 12.5. The van der Waals surface area contributed by atoms with E-state index in [1.807, 2.05) is 18.2 Å². The molecule has 144 valence electrons. The molecule has 29 heavy (non-hydrogen) atoms. The van der Waals surface area contributed by atoms with E-state index in [0.29, 0.717) is 33.2 Å². The molecule has 1 N–H and O–H groups in total. The van der Waals surface area contributed by atoms with Crippen molar-refractivity contribution in [2.45, 2.75) is 6.61 Å². The Morgan fingerprint density at radius 3 is 2.31 bits per heavy atom. The summed E-state index contributed by atoms with van der Waals surface area (Å²) in [6.07, 6.45) is 0. The van der Waals surface area contributed by atoms with Gasteiger partial charge in [0.05, 0.1) is 0 Å². The van der Waals surface area contributed by atoms with Crippen LogP contribution >= 0.6 is 12.2 Å².